The number of amides is 1. The minimum atomic E-state index is -0.388. The number of nitrogens with one attached hydrogen (secondary N) is 1. The Kier molecular flexibility index (Phi) is 6.41. The number of carbonyl (C=O) groups is 1. The van der Waals surface area contributed by atoms with Crippen LogP contribution in [0, 0.1) is 0 Å². The molecule has 1 N–H and O–H groups in total. The van der Waals surface area contributed by atoms with Crippen LogP contribution in [-0.4, -0.2) is 29.0 Å². The molecule has 3 rings (SSSR count). The van der Waals surface area contributed by atoms with Crippen LogP contribution in [0.25, 0.3) is 0 Å². The van der Waals surface area contributed by atoms with Gasteiger partial charge in [0.25, 0.3) is 5.91 Å². The average molecular weight is 492 g/mol. The summed E-state index contributed by atoms with van der Waals surface area (Å²) in [5.74, 6) is 0.373. The van der Waals surface area contributed by atoms with Crippen LogP contribution >= 0.6 is 31.9 Å². The SMILES string of the molecule is COc1ccc(C=NNC(=O)c2nn(Cc3ccc(Br)cc3)cc2Br)cc1. The summed E-state index contributed by atoms with van der Waals surface area (Å²) in [6.07, 6.45) is 3.33. The zero-order chi connectivity index (χ0) is 19.2. The van der Waals surface area contributed by atoms with Gasteiger partial charge in [0.05, 0.1) is 24.3 Å². The molecule has 138 valence electrons. The molecule has 0 fully saturated rings. The molecule has 0 aliphatic carbocycles. The molecule has 0 unspecified atom stereocenters. The zero-order valence-electron chi connectivity index (χ0n) is 14.4. The van der Waals surface area contributed by atoms with Gasteiger partial charge in [-0.15, -0.1) is 0 Å². The summed E-state index contributed by atoms with van der Waals surface area (Å²) in [7, 11) is 1.61. The highest BCUT2D eigenvalue weighted by atomic mass is 79.9. The van der Waals surface area contributed by atoms with Gasteiger partial charge in [0.2, 0.25) is 0 Å². The van der Waals surface area contributed by atoms with Gasteiger partial charge in [0, 0.05) is 10.7 Å². The van der Waals surface area contributed by atoms with Crippen molar-refractivity contribution >= 4 is 44.0 Å². The lowest BCUT2D eigenvalue weighted by Crippen LogP contribution is -2.19. The van der Waals surface area contributed by atoms with Crippen molar-refractivity contribution in [2.75, 3.05) is 7.11 Å². The third-order valence-electron chi connectivity index (χ3n) is 3.69. The van der Waals surface area contributed by atoms with Crippen molar-refractivity contribution in [2.45, 2.75) is 6.54 Å². The quantitative estimate of drug-likeness (QED) is 0.414. The maximum absolute atomic E-state index is 12.3. The van der Waals surface area contributed by atoms with Gasteiger partial charge in [0.1, 0.15) is 5.75 Å². The lowest BCUT2D eigenvalue weighted by atomic mass is 10.2. The van der Waals surface area contributed by atoms with Crippen LogP contribution in [0.1, 0.15) is 21.6 Å². The molecule has 1 heterocycles. The van der Waals surface area contributed by atoms with Crippen LogP contribution in [0.4, 0.5) is 0 Å². The first kappa shape index (κ1) is 19.3. The molecule has 0 aliphatic rings. The van der Waals surface area contributed by atoms with E-state index in [1.54, 1.807) is 24.2 Å². The van der Waals surface area contributed by atoms with Crippen LogP contribution in [0.3, 0.4) is 0 Å². The van der Waals surface area contributed by atoms with Gasteiger partial charge in [-0.3, -0.25) is 9.48 Å². The van der Waals surface area contributed by atoms with Gasteiger partial charge in [0.15, 0.2) is 5.69 Å². The Morgan fingerprint density at radius 1 is 1.19 bits per heavy atom. The Hall–Kier alpha value is -2.45. The van der Waals surface area contributed by atoms with E-state index >= 15 is 0 Å². The normalized spacial score (nSPS) is 10.9. The predicted octanol–water partition coefficient (Wildman–Crippen LogP) is 4.23. The molecule has 1 amide bonds. The van der Waals surface area contributed by atoms with Crippen LogP contribution in [0.2, 0.25) is 0 Å². The molecule has 3 aromatic rings. The van der Waals surface area contributed by atoms with Gasteiger partial charge in [-0.05, 0) is 63.5 Å². The molecule has 27 heavy (non-hydrogen) atoms. The van der Waals surface area contributed by atoms with Gasteiger partial charge < -0.3 is 4.74 Å². The maximum atomic E-state index is 12.3. The number of hydrazone groups is 1. The Labute approximate surface area is 173 Å². The third kappa shape index (κ3) is 5.27. The molecule has 8 heteroatoms. The fourth-order valence-electron chi connectivity index (χ4n) is 2.32. The standard InChI is InChI=1S/C19H16Br2N4O2/c1-27-16-8-4-13(5-9-16)10-22-23-19(26)18-17(21)12-25(24-18)11-14-2-6-15(20)7-3-14/h2-10,12H,11H2,1H3,(H,23,26). The molecule has 0 saturated heterocycles. The van der Waals surface area contributed by atoms with E-state index in [0.29, 0.717) is 11.0 Å². The first-order valence-corrected chi connectivity index (χ1v) is 9.58. The first-order chi connectivity index (χ1) is 13.0. The Balaban J connectivity index is 1.63. The van der Waals surface area contributed by atoms with Crippen molar-refractivity contribution < 1.29 is 9.53 Å². The molecular formula is C19H16Br2N4O2. The lowest BCUT2D eigenvalue weighted by molar-refractivity contribution is 0.0948. The molecule has 6 nitrogen and oxygen atoms in total. The largest absolute Gasteiger partial charge is 0.497 e. The molecule has 0 atom stereocenters. The van der Waals surface area contributed by atoms with Crippen molar-refractivity contribution in [3.63, 3.8) is 0 Å². The molecule has 0 saturated carbocycles. The van der Waals surface area contributed by atoms with E-state index in [9.17, 15) is 4.79 Å². The number of ether oxygens (including phenoxy) is 1. The zero-order valence-corrected chi connectivity index (χ0v) is 17.6. The highest BCUT2D eigenvalue weighted by molar-refractivity contribution is 9.10. The van der Waals surface area contributed by atoms with Crippen LogP contribution in [0.5, 0.6) is 5.75 Å². The maximum Gasteiger partial charge on any atom is 0.293 e. The minimum absolute atomic E-state index is 0.277. The van der Waals surface area contributed by atoms with Crippen molar-refractivity contribution in [3.8, 4) is 5.75 Å². The third-order valence-corrected chi connectivity index (χ3v) is 4.79. The fourth-order valence-corrected chi connectivity index (χ4v) is 3.08. The van der Waals surface area contributed by atoms with Crippen molar-refractivity contribution in [1.29, 1.82) is 0 Å². The summed E-state index contributed by atoms with van der Waals surface area (Å²) >= 11 is 6.79. The number of hydrogen-bond acceptors (Lipinski definition) is 4. The lowest BCUT2D eigenvalue weighted by Gasteiger charge is -2.02. The van der Waals surface area contributed by atoms with Crippen molar-refractivity contribution in [2.24, 2.45) is 5.10 Å². The van der Waals surface area contributed by atoms with E-state index in [2.05, 4.69) is 47.5 Å². The summed E-state index contributed by atoms with van der Waals surface area (Å²) in [5, 5.41) is 8.31. The number of rotatable bonds is 6. The number of aromatic nitrogens is 2. The van der Waals surface area contributed by atoms with Crippen LogP contribution in [0.15, 0.2) is 68.8 Å². The molecule has 0 aliphatic heterocycles. The smallest absolute Gasteiger partial charge is 0.293 e. The molecular weight excluding hydrogens is 476 g/mol. The molecule has 0 bridgehead atoms. The van der Waals surface area contributed by atoms with E-state index in [1.165, 1.54) is 0 Å². The second-order valence-corrected chi connectivity index (χ2v) is 7.39. The highest BCUT2D eigenvalue weighted by Gasteiger charge is 2.14. The average Bonchev–Trinajstić information content (AvgIpc) is 3.04. The molecule has 2 aromatic carbocycles. The van der Waals surface area contributed by atoms with Gasteiger partial charge in [-0.1, -0.05) is 28.1 Å². The van der Waals surface area contributed by atoms with Gasteiger partial charge in [-0.25, -0.2) is 5.43 Å². The summed E-state index contributed by atoms with van der Waals surface area (Å²) in [6.45, 7) is 0.564. The van der Waals surface area contributed by atoms with Crippen molar-refractivity contribution in [3.05, 3.63) is 80.5 Å². The molecule has 0 radical (unpaired) electrons. The number of halogens is 2. The Bertz CT molecular complexity index is 951. The topological polar surface area (TPSA) is 68.5 Å². The second-order valence-electron chi connectivity index (χ2n) is 5.62. The van der Waals surface area contributed by atoms with Crippen LogP contribution in [-0.2, 0) is 6.54 Å². The van der Waals surface area contributed by atoms with E-state index in [1.807, 2.05) is 48.5 Å². The summed E-state index contributed by atoms with van der Waals surface area (Å²) in [5.41, 5.74) is 4.69. The number of hydrogen-bond donors (Lipinski definition) is 1. The van der Waals surface area contributed by atoms with Gasteiger partial charge >= 0.3 is 0 Å². The number of nitrogens with zero attached hydrogens (tertiary/aromatic N) is 3. The predicted molar refractivity (Wildman–Crippen MR) is 111 cm³/mol. The number of benzene rings is 2. The summed E-state index contributed by atoms with van der Waals surface area (Å²) in [6, 6.07) is 15.3. The Morgan fingerprint density at radius 2 is 1.89 bits per heavy atom. The van der Waals surface area contributed by atoms with Crippen LogP contribution < -0.4 is 10.2 Å². The van der Waals surface area contributed by atoms with E-state index in [0.717, 1.165) is 21.3 Å². The highest BCUT2D eigenvalue weighted by Crippen LogP contribution is 2.17. The number of methoxy groups -OCH3 is 1. The summed E-state index contributed by atoms with van der Waals surface area (Å²) < 4.78 is 8.43. The minimum Gasteiger partial charge on any atom is -0.497 e. The number of carbonyl (C=O) groups excluding carboxylic acids is 1. The monoisotopic (exact) mass is 490 g/mol. The Morgan fingerprint density at radius 3 is 2.56 bits per heavy atom. The second kappa shape index (κ2) is 8.96. The van der Waals surface area contributed by atoms with Crippen molar-refractivity contribution in [1.82, 2.24) is 15.2 Å². The fraction of sp³-hybridized carbons (Fsp3) is 0.105. The first-order valence-electron chi connectivity index (χ1n) is 8.00. The van der Waals surface area contributed by atoms with E-state index in [4.69, 9.17) is 4.74 Å². The molecule has 0 spiro atoms. The van der Waals surface area contributed by atoms with E-state index in [-0.39, 0.29) is 11.6 Å². The van der Waals surface area contributed by atoms with Gasteiger partial charge in [-0.2, -0.15) is 10.2 Å². The molecule has 1 aromatic heterocycles. The summed E-state index contributed by atoms with van der Waals surface area (Å²) in [4.78, 5) is 12.3. The van der Waals surface area contributed by atoms with E-state index < -0.39 is 0 Å².